The molecule has 0 unspecified atom stereocenters. The number of amides is 1. The second kappa shape index (κ2) is 9.38. The third-order valence-electron chi connectivity index (χ3n) is 4.05. The van der Waals surface area contributed by atoms with E-state index in [1.807, 2.05) is 31.2 Å². The summed E-state index contributed by atoms with van der Waals surface area (Å²) in [5.41, 5.74) is 1.97. The van der Waals surface area contributed by atoms with Crippen LogP contribution in [0.1, 0.15) is 21.6 Å². The van der Waals surface area contributed by atoms with E-state index < -0.39 is 18.5 Å². The average molecular weight is 458 g/mol. The van der Waals surface area contributed by atoms with E-state index in [4.69, 9.17) is 9.47 Å². The number of carbonyl (C=O) groups is 2. The third kappa shape index (κ3) is 5.45. The Balaban J connectivity index is 1.60. The van der Waals surface area contributed by atoms with Gasteiger partial charge in [0.2, 0.25) is 0 Å². The maximum absolute atomic E-state index is 12.5. The van der Waals surface area contributed by atoms with Gasteiger partial charge < -0.3 is 14.8 Å². The molecule has 1 heterocycles. The number of nitrogens with one attached hydrogen (secondary N) is 1. The highest BCUT2D eigenvalue weighted by Gasteiger charge is 2.16. The van der Waals surface area contributed by atoms with E-state index in [-0.39, 0.29) is 12.2 Å². The van der Waals surface area contributed by atoms with Crippen LogP contribution >= 0.6 is 15.9 Å². The van der Waals surface area contributed by atoms with Crippen LogP contribution in [0, 0.1) is 6.92 Å². The van der Waals surface area contributed by atoms with E-state index in [1.54, 1.807) is 42.1 Å². The molecule has 0 saturated carbocycles. The van der Waals surface area contributed by atoms with Crippen LogP contribution in [0.3, 0.4) is 0 Å². The Morgan fingerprint density at radius 2 is 1.86 bits per heavy atom. The number of halogens is 1. The zero-order valence-electron chi connectivity index (χ0n) is 16.0. The Labute approximate surface area is 176 Å². The van der Waals surface area contributed by atoms with Crippen LogP contribution < -0.4 is 10.1 Å². The Morgan fingerprint density at radius 1 is 1.14 bits per heavy atom. The van der Waals surface area contributed by atoms with Crippen LogP contribution in [-0.2, 0) is 23.2 Å². The fourth-order valence-corrected chi connectivity index (χ4v) is 3.05. The summed E-state index contributed by atoms with van der Waals surface area (Å²) in [6.45, 7) is 1.69. The molecule has 3 rings (SSSR count). The minimum atomic E-state index is -0.635. The van der Waals surface area contributed by atoms with Crippen molar-refractivity contribution in [1.82, 2.24) is 9.78 Å². The zero-order valence-corrected chi connectivity index (χ0v) is 17.6. The number of hydrogen-bond donors (Lipinski definition) is 1. The molecule has 0 atom stereocenters. The van der Waals surface area contributed by atoms with Crippen LogP contribution in [0.5, 0.6) is 5.75 Å². The van der Waals surface area contributed by atoms with E-state index in [0.29, 0.717) is 11.6 Å². The number of benzene rings is 2. The number of carbonyl (C=O) groups excluding carboxylic acids is 2. The van der Waals surface area contributed by atoms with Gasteiger partial charge in [0, 0.05) is 23.2 Å². The van der Waals surface area contributed by atoms with Crippen molar-refractivity contribution in [1.29, 1.82) is 0 Å². The van der Waals surface area contributed by atoms with Gasteiger partial charge in [0.25, 0.3) is 5.91 Å². The summed E-state index contributed by atoms with van der Waals surface area (Å²) >= 11 is 3.47. The molecule has 1 amide bonds. The number of ether oxygens (including phenoxy) is 2. The van der Waals surface area contributed by atoms with Crippen molar-refractivity contribution >= 4 is 33.6 Å². The molecule has 0 radical (unpaired) electrons. The van der Waals surface area contributed by atoms with Crippen molar-refractivity contribution in [2.75, 3.05) is 11.9 Å². The van der Waals surface area contributed by atoms with Crippen LogP contribution in [-0.4, -0.2) is 28.3 Å². The Hall–Kier alpha value is -3.13. The van der Waals surface area contributed by atoms with Gasteiger partial charge in [0.1, 0.15) is 23.7 Å². The molecule has 29 heavy (non-hydrogen) atoms. The number of hydrogen-bond acceptors (Lipinski definition) is 5. The molecule has 3 aromatic rings. The topological polar surface area (TPSA) is 82.5 Å². The van der Waals surface area contributed by atoms with E-state index in [2.05, 4.69) is 26.3 Å². The van der Waals surface area contributed by atoms with Gasteiger partial charge in [-0.1, -0.05) is 46.3 Å². The molecule has 0 bridgehead atoms. The molecule has 0 saturated heterocycles. The van der Waals surface area contributed by atoms with Gasteiger partial charge in [-0.25, -0.2) is 4.79 Å². The lowest BCUT2D eigenvalue weighted by Gasteiger charge is -2.12. The average Bonchev–Trinajstić information content (AvgIpc) is 3.02. The van der Waals surface area contributed by atoms with Crippen molar-refractivity contribution in [3.8, 4) is 5.75 Å². The quantitative estimate of drug-likeness (QED) is 0.544. The minimum absolute atomic E-state index is 0.253. The number of aryl methyl sites for hydroxylation is 2. The lowest BCUT2D eigenvalue weighted by Crippen LogP contribution is -2.22. The molecule has 1 N–H and O–H groups in total. The zero-order chi connectivity index (χ0) is 20.8. The first-order valence-electron chi connectivity index (χ1n) is 8.87. The SMILES string of the molecule is Cc1cc(NC(=O)COC(=O)c2ccccc2OCc2ccccc2Br)n(C)n1. The molecule has 0 aliphatic rings. The minimum Gasteiger partial charge on any atom is -0.488 e. The number of aromatic nitrogens is 2. The van der Waals surface area contributed by atoms with Gasteiger partial charge in [0.05, 0.1) is 5.69 Å². The number of nitrogens with zero attached hydrogens (tertiary/aromatic N) is 2. The number of esters is 1. The molecular formula is C21H20BrN3O4. The summed E-state index contributed by atoms with van der Waals surface area (Å²) in [7, 11) is 1.72. The van der Waals surface area contributed by atoms with E-state index in [0.717, 1.165) is 15.7 Å². The highest BCUT2D eigenvalue weighted by atomic mass is 79.9. The number of rotatable bonds is 7. The maximum atomic E-state index is 12.5. The summed E-state index contributed by atoms with van der Waals surface area (Å²) in [5, 5.41) is 6.80. The van der Waals surface area contributed by atoms with Crippen LogP contribution in [0.2, 0.25) is 0 Å². The second-order valence-electron chi connectivity index (χ2n) is 6.30. The maximum Gasteiger partial charge on any atom is 0.342 e. The Bertz CT molecular complexity index is 1030. The van der Waals surface area contributed by atoms with Crippen LogP contribution in [0.4, 0.5) is 5.82 Å². The Morgan fingerprint density at radius 3 is 2.59 bits per heavy atom. The van der Waals surface area contributed by atoms with Gasteiger partial charge >= 0.3 is 5.97 Å². The number of anilines is 1. The molecule has 2 aromatic carbocycles. The van der Waals surface area contributed by atoms with Gasteiger partial charge in [-0.2, -0.15) is 5.10 Å². The first-order chi connectivity index (χ1) is 13.9. The first-order valence-corrected chi connectivity index (χ1v) is 9.66. The molecule has 0 aliphatic heterocycles. The molecule has 7 nitrogen and oxygen atoms in total. The van der Waals surface area contributed by atoms with E-state index in [1.165, 1.54) is 0 Å². The van der Waals surface area contributed by atoms with Crippen molar-refractivity contribution in [2.24, 2.45) is 7.05 Å². The fraction of sp³-hybridized carbons (Fsp3) is 0.190. The summed E-state index contributed by atoms with van der Waals surface area (Å²) in [4.78, 5) is 24.5. The fourth-order valence-electron chi connectivity index (χ4n) is 2.65. The van der Waals surface area contributed by atoms with Crippen molar-refractivity contribution < 1.29 is 19.1 Å². The molecule has 0 spiro atoms. The summed E-state index contributed by atoms with van der Waals surface area (Å²) in [5.74, 6) is -0.173. The smallest absolute Gasteiger partial charge is 0.342 e. The molecule has 8 heteroatoms. The molecule has 150 valence electrons. The second-order valence-corrected chi connectivity index (χ2v) is 7.15. The van der Waals surface area contributed by atoms with Crippen LogP contribution in [0.15, 0.2) is 59.1 Å². The molecular weight excluding hydrogens is 438 g/mol. The monoisotopic (exact) mass is 457 g/mol. The van der Waals surface area contributed by atoms with Gasteiger partial charge in [-0.15, -0.1) is 0 Å². The molecule has 0 fully saturated rings. The van der Waals surface area contributed by atoms with Crippen molar-refractivity contribution in [3.63, 3.8) is 0 Å². The number of para-hydroxylation sites is 1. The first kappa shape index (κ1) is 20.6. The summed E-state index contributed by atoms with van der Waals surface area (Å²) < 4.78 is 13.4. The lowest BCUT2D eigenvalue weighted by molar-refractivity contribution is -0.119. The predicted molar refractivity (Wildman–Crippen MR) is 112 cm³/mol. The van der Waals surface area contributed by atoms with Crippen LogP contribution in [0.25, 0.3) is 0 Å². The van der Waals surface area contributed by atoms with Gasteiger partial charge in [-0.3, -0.25) is 9.48 Å². The standard InChI is InChI=1S/C21H20BrN3O4/c1-14-11-19(25(2)24-14)23-20(26)13-29-21(27)16-8-4-6-10-18(16)28-12-15-7-3-5-9-17(15)22/h3-11H,12-13H2,1-2H3,(H,23,26). The summed E-state index contributed by atoms with van der Waals surface area (Å²) in [6, 6.07) is 16.2. The van der Waals surface area contributed by atoms with Gasteiger partial charge in [-0.05, 0) is 25.1 Å². The van der Waals surface area contributed by atoms with E-state index in [9.17, 15) is 9.59 Å². The predicted octanol–water partition coefficient (Wildman–Crippen LogP) is 3.87. The largest absolute Gasteiger partial charge is 0.488 e. The highest BCUT2D eigenvalue weighted by Crippen LogP contribution is 2.23. The summed E-state index contributed by atoms with van der Waals surface area (Å²) in [6.07, 6.45) is 0. The normalized spacial score (nSPS) is 10.4. The highest BCUT2D eigenvalue weighted by molar-refractivity contribution is 9.10. The van der Waals surface area contributed by atoms with E-state index >= 15 is 0 Å². The van der Waals surface area contributed by atoms with Crippen molar-refractivity contribution in [2.45, 2.75) is 13.5 Å². The Kier molecular flexibility index (Phi) is 6.66. The van der Waals surface area contributed by atoms with Crippen molar-refractivity contribution in [3.05, 3.63) is 75.9 Å². The third-order valence-corrected chi connectivity index (χ3v) is 4.83. The molecule has 0 aliphatic carbocycles. The lowest BCUT2D eigenvalue weighted by atomic mass is 10.2. The molecule has 1 aromatic heterocycles. The van der Waals surface area contributed by atoms with Gasteiger partial charge in [0.15, 0.2) is 6.61 Å².